The molecule has 3 rings (SSSR count). The number of carbonyl (C=O) groups excluding carboxylic acids is 1. The summed E-state index contributed by atoms with van der Waals surface area (Å²) in [4.78, 5) is 13.5. The summed E-state index contributed by atoms with van der Waals surface area (Å²) in [6.45, 7) is 1.25. The number of hydroxylamine groups is 1. The van der Waals surface area contributed by atoms with Crippen molar-refractivity contribution in [3.05, 3.63) is 54.1 Å². The van der Waals surface area contributed by atoms with E-state index in [-0.39, 0.29) is 6.04 Å². The molecular formula is C22H26N3O6S-. The molecule has 0 spiro atoms. The normalized spacial score (nSPS) is 15.4. The van der Waals surface area contributed by atoms with Gasteiger partial charge in [-0.2, -0.15) is 0 Å². The molecule has 2 aromatic carbocycles. The molecule has 2 N–H and O–H groups in total. The van der Waals surface area contributed by atoms with Crippen LogP contribution in [0.2, 0.25) is 0 Å². The smallest absolute Gasteiger partial charge is 0.267 e. The summed E-state index contributed by atoms with van der Waals surface area (Å²) in [6, 6.07) is 12.4. The Bertz CT molecular complexity index is 991. The van der Waals surface area contributed by atoms with E-state index in [2.05, 4.69) is 4.90 Å². The number of piperidine rings is 1. The van der Waals surface area contributed by atoms with Crippen LogP contribution in [0.5, 0.6) is 11.5 Å². The fourth-order valence-corrected chi connectivity index (χ4v) is 4.59. The summed E-state index contributed by atoms with van der Waals surface area (Å²) in [6.07, 6.45) is 4.09. The van der Waals surface area contributed by atoms with Crippen LogP contribution in [0.3, 0.4) is 0 Å². The van der Waals surface area contributed by atoms with Crippen LogP contribution in [0, 0.1) is 0 Å². The minimum absolute atomic E-state index is 0.242. The van der Waals surface area contributed by atoms with Crippen LogP contribution in [-0.4, -0.2) is 53.2 Å². The van der Waals surface area contributed by atoms with Crippen molar-refractivity contribution in [3.8, 4) is 11.5 Å². The van der Waals surface area contributed by atoms with Gasteiger partial charge >= 0.3 is 0 Å². The summed E-state index contributed by atoms with van der Waals surface area (Å²) in [7, 11) is 3.03. The van der Waals surface area contributed by atoms with Gasteiger partial charge in [0, 0.05) is 48.2 Å². The average molecular weight is 461 g/mol. The number of methoxy groups -OCH3 is 2. The minimum Gasteiger partial charge on any atom is -0.755 e. The molecule has 1 heterocycles. The summed E-state index contributed by atoms with van der Waals surface area (Å²) in [5.41, 5.74) is 3.77. The molecule has 0 radical (unpaired) electrons. The van der Waals surface area contributed by atoms with E-state index >= 15 is 0 Å². The van der Waals surface area contributed by atoms with E-state index in [0.717, 1.165) is 11.3 Å². The van der Waals surface area contributed by atoms with Gasteiger partial charge in [-0.1, -0.05) is 18.2 Å². The molecule has 1 amide bonds. The number of benzene rings is 2. The zero-order chi connectivity index (χ0) is 23.1. The van der Waals surface area contributed by atoms with Crippen LogP contribution in [0.4, 0.5) is 11.4 Å². The van der Waals surface area contributed by atoms with Gasteiger partial charge < -0.3 is 18.9 Å². The molecule has 1 aliphatic heterocycles. The molecule has 32 heavy (non-hydrogen) atoms. The Kier molecular flexibility index (Phi) is 8.09. The van der Waals surface area contributed by atoms with Crippen LogP contribution in [0.15, 0.2) is 48.5 Å². The van der Waals surface area contributed by atoms with E-state index in [1.807, 2.05) is 24.3 Å². The van der Waals surface area contributed by atoms with Gasteiger partial charge in [0.05, 0.1) is 19.9 Å². The average Bonchev–Trinajstić information content (AvgIpc) is 2.83. The van der Waals surface area contributed by atoms with Gasteiger partial charge in [0.1, 0.15) is 11.5 Å². The van der Waals surface area contributed by atoms with Gasteiger partial charge in [0.2, 0.25) is 0 Å². The number of hydrogen-bond acceptors (Lipinski definition) is 7. The summed E-state index contributed by atoms with van der Waals surface area (Å²) in [5, 5.41) is 8.69. The largest absolute Gasteiger partial charge is 0.755 e. The highest BCUT2D eigenvalue weighted by atomic mass is 32.2. The fourth-order valence-electron chi connectivity index (χ4n) is 3.83. The lowest BCUT2D eigenvalue weighted by Gasteiger charge is -2.41. The molecule has 172 valence electrons. The Hall–Kier alpha value is -3.08. The number of carbonyl (C=O) groups is 1. The van der Waals surface area contributed by atoms with Gasteiger partial charge in [-0.3, -0.25) is 18.5 Å². The Labute approximate surface area is 189 Å². The molecule has 0 aromatic heterocycles. The first-order valence-electron chi connectivity index (χ1n) is 10.0. The third-order valence-corrected chi connectivity index (χ3v) is 6.20. The minimum atomic E-state index is -2.49. The highest BCUT2D eigenvalue weighted by Gasteiger charge is 2.28. The lowest BCUT2D eigenvalue weighted by Crippen LogP contribution is -2.46. The van der Waals surface area contributed by atoms with E-state index < -0.39 is 17.2 Å². The van der Waals surface area contributed by atoms with Crippen LogP contribution in [-0.2, 0) is 16.1 Å². The van der Waals surface area contributed by atoms with E-state index in [1.165, 1.54) is 24.6 Å². The first-order valence-corrected chi connectivity index (χ1v) is 11.1. The standard InChI is InChI=1S/C22H27N3O6S/c1-30-18-8-9-21(31-2)20(15-18)25(32(28)29)17-11-13-24(14-12-17)19-6-4-3-5-16(19)7-10-22(26)23-27/h3-10,15,17,27H,11-14H2,1-2H3,(H,23,26)(H,28,29)/p-1/b10-7+. The maximum atomic E-state index is 12.2. The van der Waals surface area contributed by atoms with Crippen LogP contribution in [0.1, 0.15) is 18.4 Å². The third kappa shape index (κ3) is 5.39. The molecule has 0 aliphatic carbocycles. The van der Waals surface area contributed by atoms with E-state index in [1.54, 1.807) is 29.8 Å². The van der Waals surface area contributed by atoms with Crippen molar-refractivity contribution in [3.63, 3.8) is 0 Å². The fraction of sp³-hybridized carbons (Fsp3) is 0.318. The molecule has 0 saturated carbocycles. The SMILES string of the molecule is COc1ccc(OC)c(N(C2CCN(c3ccccc3/C=C/C(=O)NO)CC2)S(=O)[O-])c1. The van der Waals surface area contributed by atoms with Gasteiger partial charge in [-0.05, 0) is 42.7 Å². The van der Waals surface area contributed by atoms with Gasteiger partial charge in [-0.25, -0.2) is 5.48 Å². The molecule has 2 aromatic rings. The number of rotatable bonds is 8. The second-order valence-corrected chi connectivity index (χ2v) is 7.99. The Morgan fingerprint density at radius 2 is 1.94 bits per heavy atom. The van der Waals surface area contributed by atoms with Gasteiger partial charge in [-0.15, -0.1) is 0 Å². The van der Waals surface area contributed by atoms with Gasteiger partial charge in [0.15, 0.2) is 0 Å². The van der Waals surface area contributed by atoms with Gasteiger partial charge in [0.25, 0.3) is 5.91 Å². The van der Waals surface area contributed by atoms with E-state index in [4.69, 9.17) is 14.7 Å². The highest BCUT2D eigenvalue weighted by molar-refractivity contribution is 7.80. The van der Waals surface area contributed by atoms with Crippen LogP contribution >= 0.6 is 0 Å². The Morgan fingerprint density at radius 1 is 1.22 bits per heavy atom. The molecule has 9 nitrogen and oxygen atoms in total. The first-order chi connectivity index (χ1) is 15.5. The zero-order valence-electron chi connectivity index (χ0n) is 17.9. The van der Waals surface area contributed by atoms with Crippen molar-refractivity contribution < 1.29 is 28.2 Å². The molecule has 1 fully saturated rings. The monoisotopic (exact) mass is 460 g/mol. The lowest BCUT2D eigenvalue weighted by atomic mass is 10.0. The highest BCUT2D eigenvalue weighted by Crippen LogP contribution is 2.37. The number of hydrogen-bond donors (Lipinski definition) is 2. The molecule has 1 aliphatic rings. The predicted molar refractivity (Wildman–Crippen MR) is 122 cm³/mol. The van der Waals surface area contributed by atoms with E-state index in [0.29, 0.717) is 43.1 Å². The first kappa shape index (κ1) is 23.6. The van der Waals surface area contributed by atoms with Crippen LogP contribution < -0.4 is 24.2 Å². The Morgan fingerprint density at radius 3 is 2.56 bits per heavy atom. The van der Waals surface area contributed by atoms with Crippen molar-refractivity contribution in [2.45, 2.75) is 18.9 Å². The number of nitrogens with zero attached hydrogens (tertiary/aromatic N) is 2. The Balaban J connectivity index is 1.80. The quantitative estimate of drug-likeness (QED) is 0.269. The maximum Gasteiger partial charge on any atom is 0.267 e. The summed E-state index contributed by atoms with van der Waals surface area (Å²) >= 11 is -2.49. The molecule has 1 atom stereocenters. The molecule has 0 bridgehead atoms. The van der Waals surface area contributed by atoms with E-state index in [9.17, 15) is 13.6 Å². The molecule has 1 saturated heterocycles. The number of anilines is 2. The zero-order valence-corrected chi connectivity index (χ0v) is 18.7. The predicted octanol–water partition coefficient (Wildman–Crippen LogP) is 2.49. The topological polar surface area (TPSA) is 114 Å². The number of para-hydroxylation sites is 1. The number of amides is 1. The van der Waals surface area contributed by atoms with Crippen molar-refractivity contribution in [2.24, 2.45) is 0 Å². The summed E-state index contributed by atoms with van der Waals surface area (Å²) < 4.78 is 36.4. The van der Waals surface area contributed by atoms with Crippen molar-refractivity contribution in [1.82, 2.24) is 5.48 Å². The van der Waals surface area contributed by atoms with Crippen molar-refractivity contribution >= 4 is 34.6 Å². The molecule has 1 unspecified atom stereocenters. The summed E-state index contributed by atoms with van der Waals surface area (Å²) in [5.74, 6) is 0.385. The third-order valence-electron chi connectivity index (χ3n) is 5.38. The second kappa shape index (κ2) is 11.0. The van der Waals surface area contributed by atoms with Crippen molar-refractivity contribution in [1.29, 1.82) is 0 Å². The molecular weight excluding hydrogens is 434 g/mol. The molecule has 10 heteroatoms. The number of ether oxygens (including phenoxy) is 2. The van der Waals surface area contributed by atoms with Crippen molar-refractivity contribution in [2.75, 3.05) is 36.5 Å². The number of nitrogens with one attached hydrogen (secondary N) is 1. The second-order valence-electron chi connectivity index (χ2n) is 7.17. The van der Waals surface area contributed by atoms with Crippen LogP contribution in [0.25, 0.3) is 6.08 Å². The maximum absolute atomic E-state index is 12.2. The lowest BCUT2D eigenvalue weighted by molar-refractivity contribution is -0.124.